The largest absolute Gasteiger partial charge is 0.472 e. The summed E-state index contributed by atoms with van der Waals surface area (Å²) < 4.78 is 4.88. The number of nitriles is 1. The van der Waals surface area contributed by atoms with Gasteiger partial charge in [0.1, 0.15) is 0 Å². The van der Waals surface area contributed by atoms with Crippen molar-refractivity contribution in [2.75, 3.05) is 0 Å². The van der Waals surface area contributed by atoms with E-state index in [2.05, 4.69) is 6.07 Å². The molecular weight excluding hydrogens is 186 g/mol. The molecule has 1 aromatic rings. The van der Waals surface area contributed by atoms with Crippen LogP contribution in [0.15, 0.2) is 28.6 Å². The van der Waals surface area contributed by atoms with Crippen LogP contribution in [-0.4, -0.2) is 0 Å². The molecule has 0 atom stereocenters. The molecule has 3 heteroatoms. The lowest BCUT2D eigenvalue weighted by Gasteiger charge is -1.98. The monoisotopic (exact) mass is 195 g/mol. The number of allylic oxidation sites excluding steroid dienone is 1. The minimum absolute atomic E-state index is 0.498. The Morgan fingerprint density at radius 2 is 2.46 bits per heavy atom. The zero-order valence-corrected chi connectivity index (χ0v) is 8.14. The summed E-state index contributed by atoms with van der Waals surface area (Å²) >= 11 is 5.99. The lowest BCUT2D eigenvalue weighted by Crippen LogP contribution is -1.82. The molecule has 0 fully saturated rings. The van der Waals surface area contributed by atoms with Gasteiger partial charge in [-0.05, 0) is 12.5 Å². The van der Waals surface area contributed by atoms with Crippen LogP contribution in [0.2, 0.25) is 0 Å². The Kier molecular flexibility index (Phi) is 3.60. The summed E-state index contributed by atoms with van der Waals surface area (Å²) in [6.07, 6.45) is 4.70. The summed E-state index contributed by atoms with van der Waals surface area (Å²) in [5.41, 5.74) is 1.39. The first-order valence-electron chi connectivity index (χ1n) is 4.11. The zero-order chi connectivity index (χ0) is 9.68. The molecule has 13 heavy (non-hydrogen) atoms. The van der Waals surface area contributed by atoms with Gasteiger partial charge in [0.25, 0.3) is 0 Å². The van der Waals surface area contributed by atoms with Gasteiger partial charge in [-0.2, -0.15) is 5.26 Å². The molecule has 0 aliphatic heterocycles. The van der Waals surface area contributed by atoms with Crippen LogP contribution in [0.3, 0.4) is 0 Å². The summed E-state index contributed by atoms with van der Waals surface area (Å²) in [5, 5.41) is 9.30. The Balaban J connectivity index is 2.96. The number of halogens is 1. The molecule has 0 spiro atoms. The maximum atomic E-state index is 8.80. The first-order chi connectivity index (χ1) is 6.29. The molecule has 0 saturated heterocycles. The van der Waals surface area contributed by atoms with E-state index in [-0.39, 0.29) is 0 Å². The number of hydrogen-bond donors (Lipinski definition) is 0. The Bertz CT molecular complexity index is 332. The van der Waals surface area contributed by atoms with Crippen LogP contribution in [0.1, 0.15) is 25.3 Å². The van der Waals surface area contributed by atoms with E-state index in [1.54, 1.807) is 12.3 Å². The van der Waals surface area contributed by atoms with Crippen molar-refractivity contribution in [2.45, 2.75) is 19.8 Å². The molecule has 1 aromatic heterocycles. The summed E-state index contributed by atoms with van der Waals surface area (Å²) in [4.78, 5) is 0. The van der Waals surface area contributed by atoms with Gasteiger partial charge < -0.3 is 4.42 Å². The van der Waals surface area contributed by atoms with E-state index in [0.29, 0.717) is 17.0 Å². The van der Waals surface area contributed by atoms with Gasteiger partial charge in [-0.1, -0.05) is 24.9 Å². The minimum atomic E-state index is 0.498. The molecule has 0 saturated carbocycles. The third kappa shape index (κ3) is 2.37. The van der Waals surface area contributed by atoms with Crippen molar-refractivity contribution < 1.29 is 4.42 Å². The number of hydrogen-bond acceptors (Lipinski definition) is 2. The number of nitrogens with zero attached hydrogens (tertiary/aromatic N) is 1. The molecule has 0 aromatic carbocycles. The van der Waals surface area contributed by atoms with Gasteiger partial charge in [-0.15, -0.1) is 0 Å². The fraction of sp³-hybridized carbons (Fsp3) is 0.300. The van der Waals surface area contributed by atoms with Crippen LogP contribution in [0, 0.1) is 11.3 Å². The van der Waals surface area contributed by atoms with Gasteiger partial charge in [0.05, 0.1) is 23.6 Å². The molecule has 1 rings (SSSR count). The first-order valence-corrected chi connectivity index (χ1v) is 4.48. The predicted octanol–water partition coefficient (Wildman–Crippen LogP) is 3.55. The van der Waals surface area contributed by atoms with Crippen molar-refractivity contribution in [3.05, 3.63) is 29.7 Å². The molecule has 0 N–H and O–H groups in total. The quantitative estimate of drug-likeness (QED) is 0.692. The number of rotatable bonds is 3. The first kappa shape index (κ1) is 9.88. The third-order valence-corrected chi connectivity index (χ3v) is 2.12. The standard InChI is InChI=1S/C10H10ClNO/c1-2-3-8(6-12)10(11)9-4-5-13-7-9/h4-5,7H,2-3H2,1H3. The third-order valence-electron chi connectivity index (χ3n) is 1.67. The van der Waals surface area contributed by atoms with Crippen LogP contribution < -0.4 is 0 Å². The summed E-state index contributed by atoms with van der Waals surface area (Å²) in [5.74, 6) is 0. The van der Waals surface area contributed by atoms with Crippen molar-refractivity contribution in [1.82, 2.24) is 0 Å². The van der Waals surface area contributed by atoms with Crippen molar-refractivity contribution >= 4 is 16.6 Å². The van der Waals surface area contributed by atoms with Gasteiger partial charge in [-0.25, -0.2) is 0 Å². The van der Waals surface area contributed by atoms with Crippen LogP contribution in [0.5, 0.6) is 0 Å². The zero-order valence-electron chi connectivity index (χ0n) is 7.38. The van der Waals surface area contributed by atoms with E-state index in [1.807, 2.05) is 6.92 Å². The summed E-state index contributed by atoms with van der Waals surface area (Å²) in [7, 11) is 0. The van der Waals surface area contributed by atoms with Crippen molar-refractivity contribution in [3.8, 4) is 6.07 Å². The molecule has 0 aliphatic rings. The van der Waals surface area contributed by atoms with Crippen LogP contribution in [-0.2, 0) is 0 Å². The lowest BCUT2D eigenvalue weighted by molar-refractivity contribution is 0.566. The lowest BCUT2D eigenvalue weighted by atomic mass is 10.1. The summed E-state index contributed by atoms with van der Waals surface area (Å²) in [6.45, 7) is 2.01. The van der Waals surface area contributed by atoms with Crippen LogP contribution in [0.4, 0.5) is 0 Å². The molecule has 0 bridgehead atoms. The molecule has 1 heterocycles. The van der Waals surface area contributed by atoms with Crippen molar-refractivity contribution in [2.24, 2.45) is 0 Å². The van der Waals surface area contributed by atoms with E-state index in [9.17, 15) is 0 Å². The van der Waals surface area contributed by atoms with E-state index in [1.165, 1.54) is 6.26 Å². The minimum Gasteiger partial charge on any atom is -0.472 e. The predicted molar refractivity (Wildman–Crippen MR) is 52.0 cm³/mol. The van der Waals surface area contributed by atoms with Gasteiger partial charge in [0, 0.05) is 11.1 Å². The SMILES string of the molecule is CCCC(C#N)=C(Cl)c1ccoc1. The second-order valence-electron chi connectivity index (χ2n) is 2.67. The second-order valence-corrected chi connectivity index (χ2v) is 3.04. The fourth-order valence-electron chi connectivity index (χ4n) is 1.03. The summed E-state index contributed by atoms with van der Waals surface area (Å²) in [6, 6.07) is 3.84. The molecule has 0 aliphatic carbocycles. The topological polar surface area (TPSA) is 36.9 Å². The average Bonchev–Trinajstić information content (AvgIpc) is 2.65. The molecule has 0 radical (unpaired) electrons. The number of furan rings is 1. The Morgan fingerprint density at radius 3 is 2.92 bits per heavy atom. The Labute approximate surface area is 82.4 Å². The van der Waals surface area contributed by atoms with Gasteiger partial charge in [-0.3, -0.25) is 0 Å². The highest BCUT2D eigenvalue weighted by Gasteiger charge is 2.06. The molecule has 0 unspecified atom stereocenters. The van der Waals surface area contributed by atoms with Crippen LogP contribution in [0.25, 0.3) is 5.03 Å². The Morgan fingerprint density at radius 1 is 1.69 bits per heavy atom. The molecule has 0 amide bonds. The highest BCUT2D eigenvalue weighted by Crippen LogP contribution is 2.25. The van der Waals surface area contributed by atoms with Gasteiger partial charge in [0.15, 0.2) is 0 Å². The molecule has 2 nitrogen and oxygen atoms in total. The highest BCUT2D eigenvalue weighted by atomic mass is 35.5. The van der Waals surface area contributed by atoms with E-state index in [0.717, 1.165) is 12.0 Å². The highest BCUT2D eigenvalue weighted by molar-refractivity contribution is 6.49. The average molecular weight is 196 g/mol. The molecule has 68 valence electrons. The fourth-order valence-corrected chi connectivity index (χ4v) is 1.27. The van der Waals surface area contributed by atoms with E-state index < -0.39 is 0 Å². The van der Waals surface area contributed by atoms with E-state index >= 15 is 0 Å². The Hall–Kier alpha value is -1.20. The van der Waals surface area contributed by atoms with Crippen LogP contribution >= 0.6 is 11.6 Å². The second kappa shape index (κ2) is 4.74. The maximum Gasteiger partial charge on any atom is 0.0990 e. The van der Waals surface area contributed by atoms with E-state index in [4.69, 9.17) is 21.3 Å². The molecular formula is C10H10ClNO. The van der Waals surface area contributed by atoms with Crippen molar-refractivity contribution in [3.63, 3.8) is 0 Å². The van der Waals surface area contributed by atoms with Crippen molar-refractivity contribution in [1.29, 1.82) is 5.26 Å². The normalized spacial score (nSPS) is 12.1. The van der Waals surface area contributed by atoms with Gasteiger partial charge >= 0.3 is 0 Å². The smallest absolute Gasteiger partial charge is 0.0990 e. The maximum absolute atomic E-state index is 8.80. The van der Waals surface area contributed by atoms with Gasteiger partial charge in [0.2, 0.25) is 0 Å².